The van der Waals surface area contributed by atoms with Crippen molar-refractivity contribution in [2.24, 2.45) is 0 Å². The molecule has 19 heavy (non-hydrogen) atoms. The summed E-state index contributed by atoms with van der Waals surface area (Å²) in [6.07, 6.45) is 2.74. The molecule has 110 valence electrons. The van der Waals surface area contributed by atoms with Gasteiger partial charge in [-0.05, 0) is 32.4 Å². The average Bonchev–Trinajstić information content (AvgIpc) is 2.98. The summed E-state index contributed by atoms with van der Waals surface area (Å²) in [5.74, 6) is 0.0771. The Morgan fingerprint density at radius 2 is 2.00 bits per heavy atom. The molecule has 2 aliphatic heterocycles. The number of hydrogen-bond acceptors (Lipinski definition) is 4. The van der Waals surface area contributed by atoms with E-state index in [1.54, 1.807) is 0 Å². The maximum absolute atomic E-state index is 11.7. The minimum atomic E-state index is -0.187. The summed E-state index contributed by atoms with van der Waals surface area (Å²) < 4.78 is 5.36. The van der Waals surface area contributed by atoms with E-state index in [0.717, 1.165) is 58.6 Å². The third-order valence-electron chi connectivity index (χ3n) is 4.08. The molecule has 2 rings (SSSR count). The van der Waals surface area contributed by atoms with E-state index in [9.17, 15) is 4.79 Å². The first kappa shape index (κ1) is 14.8. The molecule has 2 fully saturated rings. The van der Waals surface area contributed by atoms with Gasteiger partial charge in [0.2, 0.25) is 5.91 Å². The molecule has 0 aromatic rings. The van der Waals surface area contributed by atoms with Gasteiger partial charge >= 0.3 is 0 Å². The number of nitrogens with one attached hydrogen (secondary N) is 1. The van der Waals surface area contributed by atoms with E-state index >= 15 is 0 Å². The zero-order chi connectivity index (χ0) is 13.5. The highest BCUT2D eigenvalue weighted by molar-refractivity contribution is 5.80. The fraction of sp³-hybridized carbons (Fsp3) is 0.929. The normalized spacial score (nSPS) is 25.6. The summed E-state index contributed by atoms with van der Waals surface area (Å²) in [6, 6.07) is 0. The van der Waals surface area contributed by atoms with Crippen molar-refractivity contribution < 1.29 is 9.53 Å². The molecule has 5 heteroatoms. The van der Waals surface area contributed by atoms with Gasteiger partial charge in [-0.3, -0.25) is 4.79 Å². The van der Waals surface area contributed by atoms with E-state index in [2.05, 4.69) is 22.0 Å². The minimum Gasteiger partial charge on any atom is -0.368 e. The van der Waals surface area contributed by atoms with Crippen molar-refractivity contribution in [2.75, 3.05) is 52.4 Å². The topological polar surface area (TPSA) is 44.8 Å². The largest absolute Gasteiger partial charge is 0.368 e. The van der Waals surface area contributed by atoms with E-state index in [1.807, 2.05) is 0 Å². The van der Waals surface area contributed by atoms with Gasteiger partial charge in [0.1, 0.15) is 6.10 Å². The second-order valence-corrected chi connectivity index (χ2v) is 5.42. The molecular formula is C14H27N3O2. The van der Waals surface area contributed by atoms with Gasteiger partial charge in [-0.25, -0.2) is 0 Å². The Labute approximate surface area is 116 Å². The molecular weight excluding hydrogens is 242 g/mol. The van der Waals surface area contributed by atoms with Crippen molar-refractivity contribution in [3.8, 4) is 0 Å². The van der Waals surface area contributed by atoms with E-state index in [-0.39, 0.29) is 12.0 Å². The molecule has 1 unspecified atom stereocenters. The van der Waals surface area contributed by atoms with Crippen LogP contribution in [0.25, 0.3) is 0 Å². The third-order valence-corrected chi connectivity index (χ3v) is 4.08. The number of rotatable bonds is 6. The summed E-state index contributed by atoms with van der Waals surface area (Å²) in [5, 5.41) is 2.98. The SMILES string of the molecule is CCN1CCN(CCCNC(=O)C2CCCO2)CC1. The highest BCUT2D eigenvalue weighted by Crippen LogP contribution is 2.11. The fourth-order valence-corrected chi connectivity index (χ4v) is 2.74. The van der Waals surface area contributed by atoms with Crippen molar-refractivity contribution in [3.63, 3.8) is 0 Å². The monoisotopic (exact) mass is 269 g/mol. The third kappa shape index (κ3) is 4.75. The minimum absolute atomic E-state index is 0.0771. The second kappa shape index (κ2) is 7.82. The van der Waals surface area contributed by atoms with Crippen molar-refractivity contribution >= 4 is 5.91 Å². The molecule has 1 atom stereocenters. The lowest BCUT2D eigenvalue weighted by atomic mass is 10.2. The van der Waals surface area contributed by atoms with E-state index in [1.165, 1.54) is 13.1 Å². The lowest BCUT2D eigenvalue weighted by molar-refractivity contribution is -0.130. The van der Waals surface area contributed by atoms with Crippen molar-refractivity contribution in [1.29, 1.82) is 0 Å². The zero-order valence-electron chi connectivity index (χ0n) is 12.1. The summed E-state index contributed by atoms with van der Waals surface area (Å²) in [6.45, 7) is 10.6. The van der Waals surface area contributed by atoms with Gasteiger partial charge < -0.3 is 19.9 Å². The quantitative estimate of drug-likeness (QED) is 0.705. The van der Waals surface area contributed by atoms with Gasteiger partial charge in [0.05, 0.1) is 0 Å². The number of likely N-dealkylation sites (N-methyl/N-ethyl adjacent to an activating group) is 1. The molecule has 0 aliphatic carbocycles. The number of nitrogens with zero attached hydrogens (tertiary/aromatic N) is 2. The van der Waals surface area contributed by atoms with Crippen molar-refractivity contribution in [3.05, 3.63) is 0 Å². The first-order valence-corrected chi connectivity index (χ1v) is 7.63. The Kier molecular flexibility index (Phi) is 6.07. The Morgan fingerprint density at radius 1 is 1.26 bits per heavy atom. The van der Waals surface area contributed by atoms with Crippen LogP contribution in [0.4, 0.5) is 0 Å². The molecule has 2 saturated heterocycles. The predicted molar refractivity (Wildman–Crippen MR) is 75.2 cm³/mol. The van der Waals surface area contributed by atoms with Crippen LogP contribution in [-0.4, -0.2) is 74.2 Å². The molecule has 1 amide bonds. The lowest BCUT2D eigenvalue weighted by Gasteiger charge is -2.34. The summed E-state index contributed by atoms with van der Waals surface area (Å²) in [5.41, 5.74) is 0. The molecule has 1 N–H and O–H groups in total. The Morgan fingerprint density at radius 3 is 2.63 bits per heavy atom. The number of hydrogen-bond donors (Lipinski definition) is 1. The smallest absolute Gasteiger partial charge is 0.249 e. The standard InChI is InChI=1S/C14H27N3O2/c1-2-16-8-10-17(11-9-16)7-4-6-15-14(18)13-5-3-12-19-13/h13H,2-12H2,1H3,(H,15,18). The summed E-state index contributed by atoms with van der Waals surface area (Å²) in [7, 11) is 0. The van der Waals surface area contributed by atoms with Crippen LogP contribution in [0.5, 0.6) is 0 Å². The Balaban J connectivity index is 1.51. The number of carbonyl (C=O) groups excluding carboxylic acids is 1. The van der Waals surface area contributed by atoms with Gasteiger partial charge in [-0.1, -0.05) is 6.92 Å². The average molecular weight is 269 g/mol. The van der Waals surface area contributed by atoms with E-state index in [4.69, 9.17) is 4.74 Å². The molecule has 0 bridgehead atoms. The van der Waals surface area contributed by atoms with E-state index in [0.29, 0.717) is 0 Å². The first-order valence-electron chi connectivity index (χ1n) is 7.63. The Hall–Kier alpha value is -0.650. The van der Waals surface area contributed by atoms with Crippen molar-refractivity contribution in [1.82, 2.24) is 15.1 Å². The molecule has 0 aromatic carbocycles. The van der Waals surface area contributed by atoms with Crippen molar-refractivity contribution in [2.45, 2.75) is 32.3 Å². The van der Waals surface area contributed by atoms with E-state index < -0.39 is 0 Å². The van der Waals surface area contributed by atoms with Gasteiger partial charge in [-0.2, -0.15) is 0 Å². The molecule has 0 spiro atoms. The number of carbonyl (C=O) groups is 1. The molecule has 0 radical (unpaired) electrons. The molecule has 5 nitrogen and oxygen atoms in total. The van der Waals surface area contributed by atoms with Crippen LogP contribution in [0.2, 0.25) is 0 Å². The Bertz CT molecular complexity index is 272. The number of amides is 1. The van der Waals surface area contributed by atoms with Crippen LogP contribution in [-0.2, 0) is 9.53 Å². The van der Waals surface area contributed by atoms with Crippen LogP contribution in [0.1, 0.15) is 26.2 Å². The predicted octanol–water partition coefficient (Wildman–Crippen LogP) is 0.309. The maximum Gasteiger partial charge on any atom is 0.249 e. The zero-order valence-corrected chi connectivity index (χ0v) is 12.1. The van der Waals surface area contributed by atoms with Crippen LogP contribution < -0.4 is 5.32 Å². The fourth-order valence-electron chi connectivity index (χ4n) is 2.74. The van der Waals surface area contributed by atoms with Gasteiger partial charge in [0.15, 0.2) is 0 Å². The summed E-state index contributed by atoms with van der Waals surface area (Å²) in [4.78, 5) is 16.7. The summed E-state index contributed by atoms with van der Waals surface area (Å²) >= 11 is 0. The number of piperazine rings is 1. The van der Waals surface area contributed by atoms with Gasteiger partial charge in [0.25, 0.3) is 0 Å². The van der Waals surface area contributed by atoms with Gasteiger partial charge in [-0.15, -0.1) is 0 Å². The molecule has 2 aliphatic rings. The second-order valence-electron chi connectivity index (χ2n) is 5.42. The van der Waals surface area contributed by atoms with Crippen LogP contribution in [0.3, 0.4) is 0 Å². The van der Waals surface area contributed by atoms with Gasteiger partial charge in [0, 0.05) is 39.3 Å². The van der Waals surface area contributed by atoms with Crippen LogP contribution in [0, 0.1) is 0 Å². The first-order chi connectivity index (χ1) is 9.29. The van der Waals surface area contributed by atoms with Crippen LogP contribution >= 0.6 is 0 Å². The number of ether oxygens (including phenoxy) is 1. The highest BCUT2D eigenvalue weighted by atomic mass is 16.5. The lowest BCUT2D eigenvalue weighted by Crippen LogP contribution is -2.46. The highest BCUT2D eigenvalue weighted by Gasteiger charge is 2.23. The molecule has 0 aromatic heterocycles. The van der Waals surface area contributed by atoms with Crippen LogP contribution in [0.15, 0.2) is 0 Å². The molecule has 2 heterocycles. The molecule has 0 saturated carbocycles. The maximum atomic E-state index is 11.7.